The Morgan fingerprint density at radius 1 is 1.40 bits per heavy atom. The lowest BCUT2D eigenvalue weighted by Gasteiger charge is -2.15. The lowest BCUT2D eigenvalue weighted by molar-refractivity contribution is -0.142. The SMILES string of the molecule is CC(C)CC(CNC(=O)c1cc(Cl)ccc1F)C(=O)O. The van der Waals surface area contributed by atoms with Crippen LogP contribution < -0.4 is 5.32 Å². The van der Waals surface area contributed by atoms with Crippen molar-refractivity contribution in [3.63, 3.8) is 0 Å². The monoisotopic (exact) mass is 301 g/mol. The predicted molar refractivity (Wildman–Crippen MR) is 74.3 cm³/mol. The first-order chi connectivity index (χ1) is 9.31. The molecular formula is C14H17ClFNO3. The lowest BCUT2D eigenvalue weighted by atomic mass is 9.97. The van der Waals surface area contributed by atoms with E-state index in [9.17, 15) is 14.0 Å². The number of halogens is 2. The van der Waals surface area contributed by atoms with Crippen LogP contribution in [0, 0.1) is 17.7 Å². The molecule has 1 amide bonds. The van der Waals surface area contributed by atoms with Gasteiger partial charge in [-0.25, -0.2) is 4.39 Å². The molecule has 1 aromatic carbocycles. The normalized spacial score (nSPS) is 12.2. The molecule has 0 aliphatic carbocycles. The van der Waals surface area contributed by atoms with Gasteiger partial charge in [0.25, 0.3) is 5.91 Å². The fraction of sp³-hybridized carbons (Fsp3) is 0.429. The molecule has 0 aromatic heterocycles. The van der Waals surface area contributed by atoms with Gasteiger partial charge in [-0.3, -0.25) is 9.59 Å². The first kappa shape index (κ1) is 16.4. The molecule has 1 atom stereocenters. The van der Waals surface area contributed by atoms with Crippen molar-refractivity contribution in [2.24, 2.45) is 11.8 Å². The summed E-state index contributed by atoms with van der Waals surface area (Å²) in [6.45, 7) is 3.75. The number of hydrogen-bond donors (Lipinski definition) is 2. The maximum absolute atomic E-state index is 13.5. The van der Waals surface area contributed by atoms with Gasteiger partial charge in [-0.05, 0) is 30.5 Å². The highest BCUT2D eigenvalue weighted by molar-refractivity contribution is 6.31. The Morgan fingerprint density at radius 3 is 2.60 bits per heavy atom. The van der Waals surface area contributed by atoms with Gasteiger partial charge in [0, 0.05) is 11.6 Å². The van der Waals surface area contributed by atoms with Gasteiger partial charge in [-0.1, -0.05) is 25.4 Å². The van der Waals surface area contributed by atoms with Crippen molar-refractivity contribution in [3.8, 4) is 0 Å². The quantitative estimate of drug-likeness (QED) is 0.849. The predicted octanol–water partition coefficient (Wildman–Crippen LogP) is 2.96. The number of carboxylic acids is 1. The highest BCUT2D eigenvalue weighted by Crippen LogP contribution is 2.15. The Hall–Kier alpha value is -1.62. The van der Waals surface area contributed by atoms with Crippen LogP contribution in [0.5, 0.6) is 0 Å². The summed E-state index contributed by atoms with van der Waals surface area (Å²) >= 11 is 5.70. The van der Waals surface area contributed by atoms with Crippen LogP contribution in [0.15, 0.2) is 18.2 Å². The fourth-order valence-corrected chi connectivity index (χ4v) is 2.00. The Bertz CT molecular complexity index is 505. The molecule has 2 N–H and O–H groups in total. The minimum Gasteiger partial charge on any atom is -0.481 e. The average molecular weight is 302 g/mol. The van der Waals surface area contributed by atoms with Gasteiger partial charge in [0.2, 0.25) is 0 Å². The fourth-order valence-electron chi connectivity index (χ4n) is 1.82. The zero-order chi connectivity index (χ0) is 15.3. The molecule has 0 bridgehead atoms. The Kier molecular flexibility index (Phi) is 5.95. The number of carbonyl (C=O) groups is 2. The van der Waals surface area contributed by atoms with Crippen LogP contribution in [-0.2, 0) is 4.79 Å². The van der Waals surface area contributed by atoms with E-state index in [0.717, 1.165) is 6.07 Å². The van der Waals surface area contributed by atoms with Crippen molar-refractivity contribution in [2.45, 2.75) is 20.3 Å². The Balaban J connectivity index is 2.70. The van der Waals surface area contributed by atoms with Crippen LogP contribution in [0.2, 0.25) is 5.02 Å². The third-order valence-electron chi connectivity index (χ3n) is 2.79. The third-order valence-corrected chi connectivity index (χ3v) is 3.02. The highest BCUT2D eigenvalue weighted by Gasteiger charge is 2.21. The maximum Gasteiger partial charge on any atom is 0.308 e. The molecule has 0 aliphatic heterocycles. The molecule has 0 saturated heterocycles. The summed E-state index contributed by atoms with van der Waals surface area (Å²) in [5, 5.41) is 11.7. The van der Waals surface area contributed by atoms with Gasteiger partial charge in [0.15, 0.2) is 0 Å². The van der Waals surface area contributed by atoms with Crippen molar-refractivity contribution >= 4 is 23.5 Å². The second-order valence-electron chi connectivity index (χ2n) is 5.00. The number of aliphatic carboxylic acids is 1. The number of carbonyl (C=O) groups excluding carboxylic acids is 1. The van der Waals surface area contributed by atoms with Gasteiger partial charge in [0.1, 0.15) is 5.82 Å². The number of rotatable bonds is 6. The van der Waals surface area contributed by atoms with Gasteiger partial charge >= 0.3 is 5.97 Å². The molecule has 4 nitrogen and oxygen atoms in total. The molecule has 0 saturated carbocycles. The summed E-state index contributed by atoms with van der Waals surface area (Å²) in [5.74, 6) is -2.84. The first-order valence-corrected chi connectivity index (χ1v) is 6.65. The second kappa shape index (κ2) is 7.24. The highest BCUT2D eigenvalue weighted by atomic mass is 35.5. The van der Waals surface area contributed by atoms with Crippen molar-refractivity contribution in [2.75, 3.05) is 6.54 Å². The molecular weight excluding hydrogens is 285 g/mol. The molecule has 1 rings (SSSR count). The summed E-state index contributed by atoms with van der Waals surface area (Å²) < 4.78 is 13.5. The summed E-state index contributed by atoms with van der Waals surface area (Å²) in [6.07, 6.45) is 0.438. The summed E-state index contributed by atoms with van der Waals surface area (Å²) in [6, 6.07) is 3.65. The molecule has 0 spiro atoms. The first-order valence-electron chi connectivity index (χ1n) is 6.27. The minimum absolute atomic E-state index is 0.0434. The van der Waals surface area contributed by atoms with Crippen LogP contribution in [-0.4, -0.2) is 23.5 Å². The van der Waals surface area contributed by atoms with E-state index in [2.05, 4.69) is 5.32 Å². The van der Waals surface area contributed by atoms with E-state index in [4.69, 9.17) is 16.7 Å². The van der Waals surface area contributed by atoms with E-state index < -0.39 is 23.6 Å². The van der Waals surface area contributed by atoms with Crippen LogP contribution >= 0.6 is 11.6 Å². The van der Waals surface area contributed by atoms with E-state index in [1.165, 1.54) is 12.1 Å². The number of carboxylic acid groups (broad SMARTS) is 1. The zero-order valence-corrected chi connectivity index (χ0v) is 12.1. The Labute approximate surface area is 121 Å². The number of amides is 1. The average Bonchev–Trinajstić information content (AvgIpc) is 2.36. The van der Waals surface area contributed by atoms with Crippen LogP contribution in [0.1, 0.15) is 30.6 Å². The van der Waals surface area contributed by atoms with Crippen LogP contribution in [0.25, 0.3) is 0 Å². The molecule has 0 radical (unpaired) electrons. The molecule has 6 heteroatoms. The van der Waals surface area contributed by atoms with Gasteiger partial charge in [-0.2, -0.15) is 0 Å². The van der Waals surface area contributed by atoms with Gasteiger partial charge in [0.05, 0.1) is 11.5 Å². The van der Waals surface area contributed by atoms with Crippen LogP contribution in [0.4, 0.5) is 4.39 Å². The summed E-state index contributed by atoms with van der Waals surface area (Å²) in [5.41, 5.74) is -0.189. The van der Waals surface area contributed by atoms with E-state index in [1.54, 1.807) is 0 Å². The van der Waals surface area contributed by atoms with E-state index in [1.807, 2.05) is 13.8 Å². The number of nitrogens with one attached hydrogen (secondary N) is 1. The van der Waals surface area contributed by atoms with Crippen molar-refractivity contribution in [1.29, 1.82) is 0 Å². The third kappa shape index (κ3) is 4.81. The molecule has 0 aliphatic rings. The van der Waals surface area contributed by atoms with E-state index in [-0.39, 0.29) is 23.0 Å². The topological polar surface area (TPSA) is 66.4 Å². The van der Waals surface area contributed by atoms with Gasteiger partial charge < -0.3 is 10.4 Å². The number of benzene rings is 1. The Morgan fingerprint density at radius 2 is 2.05 bits per heavy atom. The standard InChI is InChI=1S/C14H17ClFNO3/c1-8(2)5-9(14(19)20)7-17-13(18)11-6-10(15)3-4-12(11)16/h3-4,6,8-9H,5,7H2,1-2H3,(H,17,18)(H,19,20). The summed E-state index contributed by atoms with van der Waals surface area (Å²) in [7, 11) is 0. The molecule has 0 heterocycles. The van der Waals surface area contributed by atoms with Crippen LogP contribution in [0.3, 0.4) is 0 Å². The maximum atomic E-state index is 13.5. The zero-order valence-electron chi connectivity index (χ0n) is 11.3. The van der Waals surface area contributed by atoms with Crippen molar-refractivity contribution in [1.82, 2.24) is 5.32 Å². The number of hydrogen-bond acceptors (Lipinski definition) is 2. The molecule has 0 fully saturated rings. The second-order valence-corrected chi connectivity index (χ2v) is 5.44. The molecule has 20 heavy (non-hydrogen) atoms. The molecule has 1 aromatic rings. The summed E-state index contributed by atoms with van der Waals surface area (Å²) in [4.78, 5) is 22.9. The van der Waals surface area contributed by atoms with Crippen molar-refractivity contribution in [3.05, 3.63) is 34.6 Å². The lowest BCUT2D eigenvalue weighted by Crippen LogP contribution is -2.34. The minimum atomic E-state index is -0.981. The molecule has 110 valence electrons. The largest absolute Gasteiger partial charge is 0.481 e. The molecule has 1 unspecified atom stereocenters. The van der Waals surface area contributed by atoms with Gasteiger partial charge in [-0.15, -0.1) is 0 Å². The smallest absolute Gasteiger partial charge is 0.308 e. The van der Waals surface area contributed by atoms with E-state index in [0.29, 0.717) is 6.42 Å². The van der Waals surface area contributed by atoms with Crippen molar-refractivity contribution < 1.29 is 19.1 Å². The van der Waals surface area contributed by atoms with E-state index >= 15 is 0 Å².